The molecule has 21 heavy (non-hydrogen) atoms. The van der Waals surface area contributed by atoms with Crippen LogP contribution in [0.3, 0.4) is 0 Å². The van der Waals surface area contributed by atoms with Crippen LogP contribution in [-0.4, -0.2) is 41.4 Å². The van der Waals surface area contributed by atoms with Gasteiger partial charge in [-0.25, -0.2) is 0 Å². The Balaban J connectivity index is 2.32. The van der Waals surface area contributed by atoms with E-state index < -0.39 is 4.92 Å². The van der Waals surface area contributed by atoms with E-state index >= 15 is 0 Å². The summed E-state index contributed by atoms with van der Waals surface area (Å²) in [7, 11) is 0. The zero-order valence-corrected chi connectivity index (χ0v) is 12.5. The molecule has 1 heterocycles. The lowest BCUT2D eigenvalue weighted by Crippen LogP contribution is -2.48. The van der Waals surface area contributed by atoms with Crippen molar-refractivity contribution in [3.63, 3.8) is 0 Å². The van der Waals surface area contributed by atoms with Crippen LogP contribution in [0.25, 0.3) is 0 Å². The Bertz CT molecular complexity index is 539. The van der Waals surface area contributed by atoms with E-state index in [4.69, 9.17) is 0 Å². The fourth-order valence-electron chi connectivity index (χ4n) is 2.80. The average Bonchev–Trinajstić information content (AvgIpc) is 2.48. The molecule has 2 rings (SSSR count). The van der Waals surface area contributed by atoms with Crippen molar-refractivity contribution in [1.29, 1.82) is 0 Å². The maximum atomic E-state index is 12.7. The van der Waals surface area contributed by atoms with E-state index in [0.29, 0.717) is 6.54 Å². The van der Waals surface area contributed by atoms with Crippen LogP contribution in [0.15, 0.2) is 18.2 Å². The predicted octanol–water partition coefficient (Wildman–Crippen LogP) is 2.12. The lowest BCUT2D eigenvalue weighted by Gasteiger charge is -2.34. The molecule has 1 amide bonds. The Morgan fingerprint density at radius 3 is 2.86 bits per heavy atom. The molecule has 1 aromatic carbocycles. The van der Waals surface area contributed by atoms with Crippen molar-refractivity contribution in [3.8, 4) is 0 Å². The van der Waals surface area contributed by atoms with Gasteiger partial charge in [0.1, 0.15) is 5.56 Å². The van der Waals surface area contributed by atoms with Gasteiger partial charge >= 0.3 is 0 Å². The fraction of sp³-hybridized carbons (Fsp3) is 0.533. The molecule has 6 heteroatoms. The summed E-state index contributed by atoms with van der Waals surface area (Å²) in [6, 6.07) is 4.79. The number of carbonyl (C=O) groups is 1. The van der Waals surface area contributed by atoms with Crippen molar-refractivity contribution in [2.45, 2.75) is 32.7 Å². The SMILES string of the molecule is CCN(C(=O)c1cc(C)ccc1[N+](=O)[O-])C1CCCNC1. The highest BCUT2D eigenvalue weighted by Crippen LogP contribution is 2.23. The molecule has 0 aromatic heterocycles. The quantitative estimate of drug-likeness (QED) is 0.681. The third-order valence-electron chi connectivity index (χ3n) is 3.89. The summed E-state index contributed by atoms with van der Waals surface area (Å²) in [6.07, 6.45) is 1.95. The van der Waals surface area contributed by atoms with Gasteiger partial charge in [-0.1, -0.05) is 6.07 Å². The number of carbonyl (C=O) groups excluding carboxylic acids is 1. The number of nitro groups is 1. The Kier molecular flexibility index (Phi) is 4.90. The molecule has 1 saturated heterocycles. The summed E-state index contributed by atoms with van der Waals surface area (Å²) >= 11 is 0. The van der Waals surface area contributed by atoms with Gasteiger partial charge in [-0.15, -0.1) is 0 Å². The lowest BCUT2D eigenvalue weighted by molar-refractivity contribution is -0.385. The van der Waals surface area contributed by atoms with Gasteiger partial charge in [0, 0.05) is 25.2 Å². The van der Waals surface area contributed by atoms with Crippen molar-refractivity contribution in [2.75, 3.05) is 19.6 Å². The molecule has 1 atom stereocenters. The van der Waals surface area contributed by atoms with Crippen LogP contribution in [0, 0.1) is 17.0 Å². The normalized spacial score (nSPS) is 18.3. The minimum atomic E-state index is -0.486. The average molecular weight is 291 g/mol. The van der Waals surface area contributed by atoms with Crippen molar-refractivity contribution in [2.24, 2.45) is 0 Å². The molecule has 1 fully saturated rings. The second-order valence-corrected chi connectivity index (χ2v) is 5.37. The van der Waals surface area contributed by atoms with E-state index in [9.17, 15) is 14.9 Å². The summed E-state index contributed by atoms with van der Waals surface area (Å²) in [5.41, 5.74) is 0.919. The van der Waals surface area contributed by atoms with Gasteiger partial charge in [-0.05, 0) is 44.9 Å². The molecule has 0 saturated carbocycles. The Labute approximate surface area is 124 Å². The first-order valence-corrected chi connectivity index (χ1v) is 7.31. The zero-order chi connectivity index (χ0) is 15.4. The largest absolute Gasteiger partial charge is 0.334 e. The van der Waals surface area contributed by atoms with E-state index in [2.05, 4.69) is 5.32 Å². The first-order chi connectivity index (χ1) is 10.0. The van der Waals surface area contributed by atoms with Crippen molar-refractivity contribution < 1.29 is 9.72 Å². The molecule has 0 radical (unpaired) electrons. The van der Waals surface area contributed by atoms with E-state index in [1.54, 1.807) is 17.0 Å². The van der Waals surface area contributed by atoms with E-state index in [0.717, 1.165) is 31.5 Å². The lowest BCUT2D eigenvalue weighted by atomic mass is 10.0. The number of benzene rings is 1. The molecule has 6 nitrogen and oxygen atoms in total. The highest BCUT2D eigenvalue weighted by molar-refractivity contribution is 5.98. The summed E-state index contributed by atoms with van der Waals surface area (Å²) in [4.78, 5) is 25.2. The van der Waals surface area contributed by atoms with Gasteiger partial charge in [-0.3, -0.25) is 14.9 Å². The number of hydrogen-bond acceptors (Lipinski definition) is 4. The molecular weight excluding hydrogens is 270 g/mol. The number of aryl methyl sites for hydroxylation is 1. The first kappa shape index (κ1) is 15.4. The predicted molar refractivity (Wildman–Crippen MR) is 80.4 cm³/mol. The minimum absolute atomic E-state index is 0.108. The first-order valence-electron chi connectivity index (χ1n) is 7.31. The monoisotopic (exact) mass is 291 g/mol. The molecule has 1 aromatic rings. The van der Waals surface area contributed by atoms with Crippen LogP contribution in [0.2, 0.25) is 0 Å². The number of hydrogen-bond donors (Lipinski definition) is 1. The molecule has 1 aliphatic rings. The van der Waals surface area contributed by atoms with Crippen LogP contribution in [0.1, 0.15) is 35.7 Å². The number of nitro benzene ring substituents is 1. The van der Waals surface area contributed by atoms with Gasteiger partial charge in [0.25, 0.3) is 11.6 Å². The number of likely N-dealkylation sites (N-methyl/N-ethyl adjacent to an activating group) is 1. The van der Waals surface area contributed by atoms with Gasteiger partial charge in [0.15, 0.2) is 0 Å². The molecule has 1 aliphatic heterocycles. The van der Waals surface area contributed by atoms with Crippen LogP contribution < -0.4 is 5.32 Å². The van der Waals surface area contributed by atoms with Crippen LogP contribution in [0.5, 0.6) is 0 Å². The third-order valence-corrected chi connectivity index (χ3v) is 3.89. The number of nitrogens with one attached hydrogen (secondary N) is 1. The van der Waals surface area contributed by atoms with Gasteiger partial charge < -0.3 is 10.2 Å². The topological polar surface area (TPSA) is 75.5 Å². The van der Waals surface area contributed by atoms with Crippen LogP contribution in [-0.2, 0) is 0 Å². The van der Waals surface area contributed by atoms with Crippen LogP contribution >= 0.6 is 0 Å². The summed E-state index contributed by atoms with van der Waals surface area (Å²) < 4.78 is 0. The smallest absolute Gasteiger partial charge is 0.282 e. The molecule has 114 valence electrons. The zero-order valence-electron chi connectivity index (χ0n) is 12.5. The maximum Gasteiger partial charge on any atom is 0.282 e. The summed E-state index contributed by atoms with van der Waals surface area (Å²) in [5.74, 6) is -0.249. The summed E-state index contributed by atoms with van der Waals surface area (Å²) in [6.45, 7) is 6.01. The number of amides is 1. The molecular formula is C15H21N3O3. The van der Waals surface area contributed by atoms with E-state index in [-0.39, 0.29) is 23.2 Å². The van der Waals surface area contributed by atoms with E-state index in [1.165, 1.54) is 6.07 Å². The third kappa shape index (κ3) is 3.39. The second-order valence-electron chi connectivity index (χ2n) is 5.37. The summed E-state index contributed by atoms with van der Waals surface area (Å²) in [5, 5.41) is 14.4. The number of piperidine rings is 1. The van der Waals surface area contributed by atoms with Crippen molar-refractivity contribution in [1.82, 2.24) is 10.2 Å². The number of rotatable bonds is 4. The standard InChI is InChI=1S/C15H21N3O3/c1-3-17(12-5-4-8-16-10-12)15(19)13-9-11(2)6-7-14(13)18(20)21/h6-7,9,12,16H,3-5,8,10H2,1-2H3. The van der Waals surface area contributed by atoms with Gasteiger partial charge in [0.2, 0.25) is 0 Å². The maximum absolute atomic E-state index is 12.7. The van der Waals surface area contributed by atoms with Gasteiger partial charge in [-0.2, -0.15) is 0 Å². The Morgan fingerprint density at radius 1 is 1.52 bits per heavy atom. The highest BCUT2D eigenvalue weighted by Gasteiger charge is 2.29. The molecule has 1 N–H and O–H groups in total. The Hall–Kier alpha value is -1.95. The molecule has 0 aliphatic carbocycles. The van der Waals surface area contributed by atoms with Crippen LogP contribution in [0.4, 0.5) is 5.69 Å². The molecule has 0 spiro atoms. The Morgan fingerprint density at radius 2 is 2.29 bits per heavy atom. The molecule has 0 bridgehead atoms. The van der Waals surface area contributed by atoms with Crippen molar-refractivity contribution >= 4 is 11.6 Å². The highest BCUT2D eigenvalue weighted by atomic mass is 16.6. The molecule has 1 unspecified atom stereocenters. The van der Waals surface area contributed by atoms with E-state index in [1.807, 2.05) is 13.8 Å². The fourth-order valence-corrected chi connectivity index (χ4v) is 2.80. The van der Waals surface area contributed by atoms with Crippen molar-refractivity contribution in [3.05, 3.63) is 39.4 Å². The van der Waals surface area contributed by atoms with Gasteiger partial charge in [0.05, 0.1) is 4.92 Å². The second kappa shape index (κ2) is 6.67. The minimum Gasteiger partial charge on any atom is -0.334 e. The number of nitrogens with zero attached hydrogens (tertiary/aromatic N) is 2.